The quantitative estimate of drug-likeness (QED) is 0.797. The number of ether oxygens (including phenoxy) is 2. The van der Waals surface area contributed by atoms with E-state index in [1.165, 1.54) is 0 Å². The number of hydrogen-bond acceptors (Lipinski definition) is 3. The summed E-state index contributed by atoms with van der Waals surface area (Å²) >= 11 is 2.29. The van der Waals surface area contributed by atoms with Crippen LogP contribution < -0.4 is 0 Å². The summed E-state index contributed by atoms with van der Waals surface area (Å²) < 4.78 is 12.0. The lowest BCUT2D eigenvalue weighted by Crippen LogP contribution is -2.23. The number of nitrogens with zero attached hydrogens (tertiary/aromatic N) is 1. The second-order valence-electron chi connectivity index (χ2n) is 3.76. The van der Waals surface area contributed by atoms with Gasteiger partial charge in [-0.15, -0.1) is 0 Å². The molecule has 16 heavy (non-hydrogen) atoms. The van der Waals surface area contributed by atoms with Gasteiger partial charge in [0.1, 0.15) is 12.1 Å². The second-order valence-corrected chi connectivity index (χ2v) is 4.92. The van der Waals surface area contributed by atoms with Crippen molar-refractivity contribution in [3.05, 3.63) is 33.4 Å². The number of rotatable bonds is 3. The molecule has 0 spiro atoms. The molecule has 1 heterocycles. The van der Waals surface area contributed by atoms with E-state index in [1.807, 2.05) is 25.1 Å². The molecule has 2 rings (SSSR count). The van der Waals surface area contributed by atoms with E-state index in [0.29, 0.717) is 6.61 Å². The Morgan fingerprint density at radius 1 is 1.44 bits per heavy atom. The van der Waals surface area contributed by atoms with Crippen LogP contribution in [-0.4, -0.2) is 31.8 Å². The summed E-state index contributed by atoms with van der Waals surface area (Å²) in [7, 11) is 1.69. The molecule has 0 unspecified atom stereocenters. The van der Waals surface area contributed by atoms with Crippen LogP contribution in [0.4, 0.5) is 0 Å². The predicted molar refractivity (Wildman–Crippen MR) is 71.9 cm³/mol. The number of benzene rings is 1. The first-order valence-electron chi connectivity index (χ1n) is 5.20. The fourth-order valence-corrected chi connectivity index (χ4v) is 2.27. The largest absolute Gasteiger partial charge is 0.472 e. The van der Waals surface area contributed by atoms with Gasteiger partial charge in [0.15, 0.2) is 0 Å². The van der Waals surface area contributed by atoms with Crippen LogP contribution in [0.2, 0.25) is 0 Å². The molecule has 1 aromatic carbocycles. The molecule has 0 bridgehead atoms. The first-order chi connectivity index (χ1) is 7.72. The third kappa shape index (κ3) is 2.38. The number of hydrogen-bond donors (Lipinski definition) is 0. The molecule has 0 fully saturated rings. The van der Waals surface area contributed by atoms with Gasteiger partial charge in [0, 0.05) is 16.2 Å². The van der Waals surface area contributed by atoms with Crippen molar-refractivity contribution in [3.8, 4) is 0 Å². The lowest BCUT2D eigenvalue weighted by atomic mass is 10.2. The highest BCUT2D eigenvalue weighted by atomic mass is 127. The third-order valence-electron chi connectivity index (χ3n) is 2.56. The van der Waals surface area contributed by atoms with Crippen molar-refractivity contribution in [1.29, 1.82) is 0 Å². The summed E-state index contributed by atoms with van der Waals surface area (Å²) in [5.74, 6) is 0.736. The molecule has 0 saturated heterocycles. The Bertz CT molecular complexity index is 406. The monoisotopic (exact) mass is 331 g/mol. The van der Waals surface area contributed by atoms with Gasteiger partial charge in [-0.1, -0.05) is 12.1 Å². The van der Waals surface area contributed by atoms with Crippen LogP contribution in [0, 0.1) is 3.57 Å². The van der Waals surface area contributed by atoms with Crippen molar-refractivity contribution >= 4 is 28.5 Å². The lowest BCUT2D eigenvalue weighted by Gasteiger charge is -2.11. The molecule has 0 saturated carbocycles. The van der Waals surface area contributed by atoms with Crippen molar-refractivity contribution < 1.29 is 9.47 Å². The van der Waals surface area contributed by atoms with Crippen LogP contribution in [0.5, 0.6) is 0 Å². The maximum Gasteiger partial charge on any atom is 0.218 e. The highest BCUT2D eigenvalue weighted by Gasteiger charge is 2.28. The number of halogens is 1. The molecule has 86 valence electrons. The zero-order valence-electron chi connectivity index (χ0n) is 9.31. The van der Waals surface area contributed by atoms with Crippen LogP contribution in [0.1, 0.15) is 12.5 Å². The Hall–Kier alpha value is -0.620. The van der Waals surface area contributed by atoms with Crippen LogP contribution in [0.25, 0.3) is 0 Å². The van der Waals surface area contributed by atoms with Crippen LogP contribution in [-0.2, 0) is 9.47 Å². The van der Waals surface area contributed by atoms with Crippen LogP contribution >= 0.6 is 22.6 Å². The summed E-state index contributed by atoms with van der Waals surface area (Å²) in [5, 5.41) is 0. The van der Waals surface area contributed by atoms with E-state index in [4.69, 9.17) is 9.47 Å². The third-order valence-corrected chi connectivity index (χ3v) is 3.50. The molecule has 0 aromatic heterocycles. The lowest BCUT2D eigenvalue weighted by molar-refractivity contribution is 0.129. The van der Waals surface area contributed by atoms with E-state index in [-0.39, 0.29) is 12.1 Å². The van der Waals surface area contributed by atoms with E-state index in [9.17, 15) is 0 Å². The Labute approximate surface area is 109 Å². The number of methoxy groups -OCH3 is 1. The highest BCUT2D eigenvalue weighted by Crippen LogP contribution is 2.21. The molecule has 1 aliphatic heterocycles. The summed E-state index contributed by atoms with van der Waals surface area (Å²) in [6, 6.07) is 8.20. The van der Waals surface area contributed by atoms with Gasteiger partial charge >= 0.3 is 0 Å². The van der Waals surface area contributed by atoms with Crippen molar-refractivity contribution in [2.75, 3.05) is 13.7 Å². The van der Waals surface area contributed by atoms with Gasteiger partial charge in [0.2, 0.25) is 5.90 Å². The van der Waals surface area contributed by atoms with E-state index in [1.54, 1.807) is 7.11 Å². The van der Waals surface area contributed by atoms with E-state index in [0.717, 1.165) is 15.0 Å². The van der Waals surface area contributed by atoms with Gasteiger partial charge in [0.25, 0.3) is 0 Å². The van der Waals surface area contributed by atoms with Gasteiger partial charge in [0.05, 0.1) is 6.61 Å². The summed E-state index contributed by atoms with van der Waals surface area (Å²) in [4.78, 5) is 4.55. The molecule has 2 atom stereocenters. The minimum Gasteiger partial charge on any atom is -0.472 e. The SMILES string of the molecule is COC[C@H]1N=C(c2ccccc2I)O[C@@H]1C. The summed E-state index contributed by atoms with van der Waals surface area (Å²) in [5.41, 5.74) is 1.06. The summed E-state index contributed by atoms with van der Waals surface area (Å²) in [6.45, 7) is 2.63. The standard InChI is InChI=1S/C12H14INO2/c1-8-11(7-15-2)14-12(16-8)9-5-3-4-6-10(9)13/h3-6,8,11H,7H2,1-2H3/t8-,11-/m1/s1. The van der Waals surface area contributed by atoms with Crippen molar-refractivity contribution in [2.45, 2.75) is 19.1 Å². The fourth-order valence-electron chi connectivity index (χ4n) is 1.65. The van der Waals surface area contributed by atoms with Gasteiger partial charge in [-0.25, -0.2) is 4.99 Å². The zero-order chi connectivity index (χ0) is 11.5. The fraction of sp³-hybridized carbons (Fsp3) is 0.417. The smallest absolute Gasteiger partial charge is 0.218 e. The first-order valence-corrected chi connectivity index (χ1v) is 6.28. The average molecular weight is 331 g/mol. The van der Waals surface area contributed by atoms with Crippen LogP contribution in [0.3, 0.4) is 0 Å². The average Bonchev–Trinajstić information content (AvgIpc) is 2.61. The molecule has 3 nitrogen and oxygen atoms in total. The zero-order valence-corrected chi connectivity index (χ0v) is 11.5. The minimum atomic E-state index is 0.0888. The van der Waals surface area contributed by atoms with Crippen molar-refractivity contribution in [1.82, 2.24) is 0 Å². The molecular formula is C12H14INO2. The minimum absolute atomic E-state index is 0.0888. The Morgan fingerprint density at radius 2 is 2.19 bits per heavy atom. The van der Waals surface area contributed by atoms with Gasteiger partial charge in [-0.3, -0.25) is 0 Å². The Kier molecular flexibility index (Phi) is 3.81. The molecule has 0 aliphatic carbocycles. The highest BCUT2D eigenvalue weighted by molar-refractivity contribution is 14.1. The maximum absolute atomic E-state index is 5.76. The van der Waals surface area contributed by atoms with E-state index in [2.05, 4.69) is 33.6 Å². The normalized spacial score (nSPS) is 24.1. The van der Waals surface area contributed by atoms with E-state index < -0.39 is 0 Å². The van der Waals surface area contributed by atoms with Crippen molar-refractivity contribution in [3.63, 3.8) is 0 Å². The molecular weight excluding hydrogens is 317 g/mol. The summed E-state index contributed by atoms with van der Waals surface area (Å²) in [6.07, 6.45) is 0.0888. The number of aliphatic imine (C=N–C) groups is 1. The first kappa shape index (κ1) is 11.9. The van der Waals surface area contributed by atoms with Gasteiger partial charge in [-0.2, -0.15) is 0 Å². The molecule has 0 N–H and O–H groups in total. The van der Waals surface area contributed by atoms with Crippen molar-refractivity contribution in [2.24, 2.45) is 4.99 Å². The second kappa shape index (κ2) is 5.14. The Morgan fingerprint density at radius 3 is 2.88 bits per heavy atom. The van der Waals surface area contributed by atoms with E-state index >= 15 is 0 Å². The molecule has 1 aromatic rings. The molecule has 0 amide bonds. The van der Waals surface area contributed by atoms with Gasteiger partial charge in [-0.05, 0) is 41.6 Å². The molecule has 0 radical (unpaired) electrons. The maximum atomic E-state index is 5.76. The predicted octanol–water partition coefficient (Wildman–Crippen LogP) is 2.47. The Balaban J connectivity index is 2.23. The van der Waals surface area contributed by atoms with Crippen LogP contribution in [0.15, 0.2) is 29.3 Å². The molecule has 4 heteroatoms. The molecule has 1 aliphatic rings. The van der Waals surface area contributed by atoms with Gasteiger partial charge < -0.3 is 9.47 Å². The topological polar surface area (TPSA) is 30.8 Å².